The van der Waals surface area contributed by atoms with Crippen molar-refractivity contribution in [2.45, 2.75) is 98.1 Å². The molecule has 4 aromatic rings. The smallest absolute Gasteiger partial charge is 0.306 e. The molecule has 3 aromatic heterocycles. The molecule has 1 fully saturated rings. The van der Waals surface area contributed by atoms with Crippen molar-refractivity contribution in [3.05, 3.63) is 51.8 Å². The van der Waals surface area contributed by atoms with Crippen molar-refractivity contribution >= 4 is 16.7 Å². The van der Waals surface area contributed by atoms with Crippen molar-refractivity contribution < 1.29 is 0 Å². The number of aromatic amines is 1. The van der Waals surface area contributed by atoms with Gasteiger partial charge in [-0.05, 0) is 106 Å². The molecule has 37 heavy (non-hydrogen) atoms. The molecule has 0 amide bonds. The number of benzene rings is 1. The molecule has 1 aliphatic rings. The lowest BCUT2D eigenvalue weighted by Gasteiger charge is -2.37. The Labute approximate surface area is 219 Å². The molecule has 0 radical (unpaired) electrons. The molecule has 0 bridgehead atoms. The minimum absolute atomic E-state index is 0.0175. The number of hydrogen-bond acceptors (Lipinski definition) is 4. The van der Waals surface area contributed by atoms with Crippen LogP contribution < -0.4 is 5.69 Å². The summed E-state index contributed by atoms with van der Waals surface area (Å²) in [5.41, 5.74) is 8.75. The lowest BCUT2D eigenvalue weighted by molar-refractivity contribution is 0.138. The molecular weight excluding hydrogens is 460 g/mol. The van der Waals surface area contributed by atoms with Gasteiger partial charge in [0.25, 0.3) is 0 Å². The molecule has 0 atom stereocenters. The van der Waals surface area contributed by atoms with Gasteiger partial charge >= 0.3 is 5.69 Å². The summed E-state index contributed by atoms with van der Waals surface area (Å²) in [4.78, 5) is 23.6. The number of H-pyrrole nitrogens is 1. The van der Waals surface area contributed by atoms with E-state index in [0.29, 0.717) is 12.0 Å². The summed E-state index contributed by atoms with van der Waals surface area (Å²) >= 11 is 0. The Bertz CT molecular complexity index is 1440. The van der Waals surface area contributed by atoms with Gasteiger partial charge in [-0.15, -0.1) is 0 Å². The van der Waals surface area contributed by atoms with Gasteiger partial charge in [-0.1, -0.05) is 27.7 Å². The van der Waals surface area contributed by atoms with Crippen LogP contribution in [0.25, 0.3) is 27.8 Å². The second-order valence-corrected chi connectivity index (χ2v) is 11.2. The van der Waals surface area contributed by atoms with Gasteiger partial charge in [0.05, 0.1) is 11.0 Å². The van der Waals surface area contributed by atoms with Crippen LogP contribution in [0.5, 0.6) is 0 Å². The Balaban J connectivity index is 1.53. The summed E-state index contributed by atoms with van der Waals surface area (Å²) < 4.78 is 3.92. The lowest BCUT2D eigenvalue weighted by Crippen LogP contribution is -2.40. The van der Waals surface area contributed by atoms with Crippen LogP contribution >= 0.6 is 0 Å². The monoisotopic (exact) mass is 502 g/mol. The van der Waals surface area contributed by atoms with Crippen molar-refractivity contribution in [2.75, 3.05) is 13.1 Å². The molecule has 1 saturated carbocycles. The summed E-state index contributed by atoms with van der Waals surface area (Å²) in [5.74, 6) is 0.316. The van der Waals surface area contributed by atoms with E-state index in [1.54, 1.807) is 6.33 Å². The third kappa shape index (κ3) is 4.63. The molecule has 7 nitrogen and oxygen atoms in total. The van der Waals surface area contributed by atoms with Crippen molar-refractivity contribution in [3.63, 3.8) is 0 Å². The maximum absolute atomic E-state index is 13.3. The molecule has 3 heterocycles. The summed E-state index contributed by atoms with van der Waals surface area (Å²) in [5, 5.41) is 4.40. The second kappa shape index (κ2) is 10.4. The number of aromatic nitrogens is 5. The predicted molar refractivity (Wildman–Crippen MR) is 152 cm³/mol. The van der Waals surface area contributed by atoms with Crippen molar-refractivity contribution in [2.24, 2.45) is 0 Å². The first-order chi connectivity index (χ1) is 17.8. The average molecular weight is 503 g/mol. The zero-order chi connectivity index (χ0) is 26.3. The van der Waals surface area contributed by atoms with Crippen LogP contribution in [0.3, 0.4) is 0 Å². The van der Waals surface area contributed by atoms with E-state index in [1.807, 2.05) is 4.52 Å². The Morgan fingerprint density at radius 1 is 1.03 bits per heavy atom. The van der Waals surface area contributed by atoms with E-state index >= 15 is 0 Å². The fourth-order valence-corrected chi connectivity index (χ4v) is 6.47. The van der Waals surface area contributed by atoms with E-state index in [0.717, 1.165) is 59.1 Å². The third-order valence-corrected chi connectivity index (χ3v) is 8.50. The van der Waals surface area contributed by atoms with E-state index in [1.165, 1.54) is 37.1 Å². The van der Waals surface area contributed by atoms with Crippen molar-refractivity contribution in [1.82, 2.24) is 29.0 Å². The maximum atomic E-state index is 13.3. The van der Waals surface area contributed by atoms with Crippen LogP contribution in [-0.2, 0) is 0 Å². The lowest BCUT2D eigenvalue weighted by atomic mass is 9.88. The largest absolute Gasteiger partial charge is 0.326 e. The Hall–Kier alpha value is -2.93. The van der Waals surface area contributed by atoms with Gasteiger partial charge in [0.15, 0.2) is 5.65 Å². The highest BCUT2D eigenvalue weighted by atomic mass is 16.1. The Morgan fingerprint density at radius 2 is 1.73 bits per heavy atom. The van der Waals surface area contributed by atoms with E-state index in [4.69, 9.17) is 0 Å². The van der Waals surface area contributed by atoms with Crippen LogP contribution in [0.1, 0.15) is 94.9 Å². The van der Waals surface area contributed by atoms with Gasteiger partial charge in [0.2, 0.25) is 0 Å². The molecule has 1 aromatic carbocycles. The summed E-state index contributed by atoms with van der Waals surface area (Å²) in [7, 11) is 0. The number of aryl methyl sites for hydroxylation is 1. The summed E-state index contributed by atoms with van der Waals surface area (Å²) in [6, 6.07) is 5.35. The molecule has 0 unspecified atom stereocenters. The minimum atomic E-state index is 0.0175. The summed E-state index contributed by atoms with van der Waals surface area (Å²) in [6.07, 6.45) is 10.5. The molecule has 1 N–H and O–H groups in total. The second-order valence-electron chi connectivity index (χ2n) is 11.2. The first-order valence-corrected chi connectivity index (χ1v) is 14.2. The van der Waals surface area contributed by atoms with E-state index in [9.17, 15) is 4.79 Å². The van der Waals surface area contributed by atoms with Crippen LogP contribution in [0, 0.1) is 13.8 Å². The van der Waals surface area contributed by atoms with Crippen molar-refractivity contribution in [3.8, 4) is 11.1 Å². The highest BCUT2D eigenvalue weighted by Crippen LogP contribution is 2.38. The zero-order valence-electron chi connectivity index (χ0n) is 23.3. The van der Waals surface area contributed by atoms with E-state index in [2.05, 4.69) is 84.4 Å². The predicted octanol–water partition coefficient (Wildman–Crippen LogP) is 6.39. The highest BCUT2D eigenvalue weighted by molar-refractivity contribution is 5.86. The van der Waals surface area contributed by atoms with Gasteiger partial charge in [-0.2, -0.15) is 5.10 Å². The van der Waals surface area contributed by atoms with Crippen LogP contribution in [-0.4, -0.2) is 48.2 Å². The topological polar surface area (TPSA) is 71.2 Å². The number of nitrogens with zero attached hydrogens (tertiary/aromatic N) is 5. The van der Waals surface area contributed by atoms with Gasteiger partial charge in [0, 0.05) is 23.8 Å². The summed E-state index contributed by atoms with van der Waals surface area (Å²) in [6.45, 7) is 15.6. The van der Waals surface area contributed by atoms with Gasteiger partial charge in [-0.25, -0.2) is 14.3 Å². The third-order valence-electron chi connectivity index (χ3n) is 8.50. The molecule has 198 valence electrons. The van der Waals surface area contributed by atoms with Crippen molar-refractivity contribution in [1.29, 1.82) is 0 Å². The molecule has 0 saturated heterocycles. The molecule has 0 aliphatic heterocycles. The fourth-order valence-electron chi connectivity index (χ4n) is 6.47. The average Bonchev–Trinajstić information content (AvgIpc) is 3.48. The van der Waals surface area contributed by atoms with Gasteiger partial charge in [-0.3, -0.25) is 4.57 Å². The van der Waals surface area contributed by atoms with Crippen LogP contribution in [0.15, 0.2) is 29.5 Å². The first kappa shape index (κ1) is 25.7. The number of pyridine rings is 1. The van der Waals surface area contributed by atoms with Gasteiger partial charge in [0.1, 0.15) is 6.33 Å². The minimum Gasteiger partial charge on any atom is -0.306 e. The van der Waals surface area contributed by atoms with E-state index < -0.39 is 0 Å². The number of rotatable bonds is 8. The quantitative estimate of drug-likeness (QED) is 0.303. The first-order valence-electron chi connectivity index (χ1n) is 14.2. The SMILES string of the molecule is CCCN(CCC)[C@H]1CC[C@@H](n2c(=O)[nH]c3cc(-c4cn5ncnc5c(C)c4C)c(C(C)C)cc32)CC1. The van der Waals surface area contributed by atoms with Crippen LogP contribution in [0.2, 0.25) is 0 Å². The standard InChI is InChI=1S/C30H42N6O/c1-7-13-34(14-8-2)22-9-11-23(12-10-22)36-28-16-24(19(3)4)25(15-27(28)33-30(36)37)26-17-35-29(31-18-32-35)21(6)20(26)5/h15-19,22-23H,7-14H2,1-6H3,(H,33,37)/t22-,23+. The maximum Gasteiger partial charge on any atom is 0.326 e. The Kier molecular flexibility index (Phi) is 7.26. The molecular formula is C30H42N6O. The zero-order valence-corrected chi connectivity index (χ0v) is 23.3. The fraction of sp³-hybridized carbons (Fsp3) is 0.567. The van der Waals surface area contributed by atoms with Gasteiger partial charge < -0.3 is 9.88 Å². The number of imidazole rings is 1. The normalized spacial score (nSPS) is 18.6. The number of fused-ring (bicyclic) bond motifs is 2. The Morgan fingerprint density at radius 3 is 2.38 bits per heavy atom. The molecule has 7 heteroatoms. The number of nitrogens with one attached hydrogen (secondary N) is 1. The number of hydrogen-bond donors (Lipinski definition) is 1. The highest BCUT2D eigenvalue weighted by Gasteiger charge is 2.28. The van der Waals surface area contributed by atoms with Crippen LogP contribution in [0.4, 0.5) is 0 Å². The van der Waals surface area contributed by atoms with E-state index in [-0.39, 0.29) is 11.7 Å². The molecule has 5 rings (SSSR count). The molecule has 0 spiro atoms. The molecule has 1 aliphatic carbocycles.